The van der Waals surface area contributed by atoms with Gasteiger partial charge in [-0.2, -0.15) is 0 Å². The first kappa shape index (κ1) is 12.3. The molecular weight excluding hydrogens is 232 g/mol. The van der Waals surface area contributed by atoms with Crippen LogP contribution in [0.15, 0.2) is 18.2 Å². The van der Waals surface area contributed by atoms with Crippen molar-refractivity contribution in [3.63, 3.8) is 0 Å². The van der Waals surface area contributed by atoms with E-state index in [1.165, 1.54) is 0 Å². The Morgan fingerprint density at radius 2 is 2.17 bits per heavy atom. The van der Waals surface area contributed by atoms with Crippen LogP contribution in [0, 0.1) is 0 Å². The topological polar surface area (TPSA) is 97.1 Å². The Balaban J connectivity index is 1.91. The molecule has 96 valence electrons. The van der Waals surface area contributed by atoms with Gasteiger partial charge in [-0.15, -0.1) is 0 Å². The van der Waals surface area contributed by atoms with E-state index in [4.69, 9.17) is 5.73 Å². The molecule has 18 heavy (non-hydrogen) atoms. The van der Waals surface area contributed by atoms with Crippen LogP contribution in [0.25, 0.3) is 0 Å². The minimum Gasteiger partial charge on any atom is -0.384 e. The third-order valence-electron chi connectivity index (χ3n) is 2.67. The van der Waals surface area contributed by atoms with Gasteiger partial charge in [-0.3, -0.25) is 9.59 Å². The predicted molar refractivity (Wildman–Crippen MR) is 66.7 cm³/mol. The van der Waals surface area contributed by atoms with Gasteiger partial charge >= 0.3 is 0 Å². The van der Waals surface area contributed by atoms with Gasteiger partial charge in [-0.05, 0) is 31.9 Å². The fourth-order valence-corrected chi connectivity index (χ4v) is 1.47. The molecule has 0 saturated heterocycles. The Labute approximate surface area is 105 Å². The van der Waals surface area contributed by atoms with Gasteiger partial charge in [0.15, 0.2) is 0 Å². The highest BCUT2D eigenvalue weighted by molar-refractivity contribution is 5.96. The quantitative estimate of drug-likeness (QED) is 0.702. The first-order valence-electron chi connectivity index (χ1n) is 5.90. The van der Waals surface area contributed by atoms with Crippen LogP contribution in [0.3, 0.4) is 0 Å². The number of carbonyl (C=O) groups is 2. The summed E-state index contributed by atoms with van der Waals surface area (Å²) >= 11 is 0. The molecule has 1 aromatic heterocycles. The fourth-order valence-electron chi connectivity index (χ4n) is 1.47. The van der Waals surface area contributed by atoms with Crippen LogP contribution in [0.2, 0.25) is 0 Å². The molecule has 0 spiro atoms. The molecule has 4 N–H and O–H groups in total. The number of nitrogens with zero attached hydrogens (tertiary/aromatic N) is 1. The number of nitrogens with two attached hydrogens (primary N) is 1. The summed E-state index contributed by atoms with van der Waals surface area (Å²) in [5, 5.41) is 5.41. The van der Waals surface area contributed by atoms with Gasteiger partial charge in [0, 0.05) is 6.04 Å². The van der Waals surface area contributed by atoms with Crippen molar-refractivity contribution in [3.05, 3.63) is 23.9 Å². The second-order valence-corrected chi connectivity index (χ2v) is 4.43. The van der Waals surface area contributed by atoms with Crippen LogP contribution in [0.4, 0.5) is 5.82 Å². The molecule has 0 radical (unpaired) electrons. The first-order valence-corrected chi connectivity index (χ1v) is 5.90. The normalized spacial score (nSPS) is 15.8. The molecule has 1 heterocycles. The van der Waals surface area contributed by atoms with E-state index < -0.39 is 11.9 Å². The summed E-state index contributed by atoms with van der Waals surface area (Å²) in [5.74, 6) is -0.298. The van der Waals surface area contributed by atoms with Crippen LogP contribution < -0.4 is 16.4 Å². The number of pyridine rings is 1. The van der Waals surface area contributed by atoms with E-state index in [1.807, 2.05) is 0 Å². The average molecular weight is 248 g/mol. The van der Waals surface area contributed by atoms with Crippen LogP contribution in [-0.4, -0.2) is 28.9 Å². The number of aromatic nitrogens is 1. The molecule has 6 nitrogen and oxygen atoms in total. The van der Waals surface area contributed by atoms with Crippen molar-refractivity contribution in [3.8, 4) is 0 Å². The van der Waals surface area contributed by atoms with E-state index in [0.717, 1.165) is 12.8 Å². The van der Waals surface area contributed by atoms with Crippen LogP contribution >= 0.6 is 0 Å². The van der Waals surface area contributed by atoms with Crippen molar-refractivity contribution in [1.82, 2.24) is 15.6 Å². The van der Waals surface area contributed by atoms with Crippen molar-refractivity contribution in [2.24, 2.45) is 0 Å². The largest absolute Gasteiger partial charge is 0.384 e. The summed E-state index contributed by atoms with van der Waals surface area (Å²) in [6, 6.07) is 4.49. The van der Waals surface area contributed by atoms with Crippen molar-refractivity contribution < 1.29 is 9.59 Å². The third kappa shape index (κ3) is 3.19. The second-order valence-electron chi connectivity index (χ2n) is 4.43. The summed E-state index contributed by atoms with van der Waals surface area (Å²) in [4.78, 5) is 27.4. The number of carbonyl (C=O) groups excluding carboxylic acids is 2. The van der Waals surface area contributed by atoms with E-state index in [-0.39, 0.29) is 23.5 Å². The van der Waals surface area contributed by atoms with Crippen LogP contribution in [0.5, 0.6) is 0 Å². The molecule has 1 atom stereocenters. The zero-order valence-corrected chi connectivity index (χ0v) is 10.1. The molecular formula is C12H16N4O2. The van der Waals surface area contributed by atoms with Crippen molar-refractivity contribution in [1.29, 1.82) is 0 Å². The van der Waals surface area contributed by atoms with E-state index in [1.54, 1.807) is 25.1 Å². The highest BCUT2D eigenvalue weighted by atomic mass is 16.2. The lowest BCUT2D eigenvalue weighted by atomic mass is 10.2. The standard InChI is InChI=1S/C12H16N4O2/c1-7(11(17)15-8-5-6-8)14-12(18)9-3-2-4-10(13)16-9/h2-4,7-8H,5-6H2,1H3,(H2,13,16)(H,14,18)(H,15,17). The summed E-state index contributed by atoms with van der Waals surface area (Å²) in [5.41, 5.74) is 5.70. The van der Waals surface area contributed by atoms with Crippen molar-refractivity contribution in [2.75, 3.05) is 5.73 Å². The minimum atomic E-state index is -0.582. The average Bonchev–Trinajstić information content (AvgIpc) is 3.12. The Morgan fingerprint density at radius 3 is 2.78 bits per heavy atom. The van der Waals surface area contributed by atoms with E-state index in [0.29, 0.717) is 0 Å². The maximum atomic E-state index is 11.8. The minimum absolute atomic E-state index is 0.172. The zero-order chi connectivity index (χ0) is 13.1. The van der Waals surface area contributed by atoms with E-state index >= 15 is 0 Å². The molecule has 0 bridgehead atoms. The SMILES string of the molecule is CC(NC(=O)c1cccc(N)n1)C(=O)NC1CC1. The zero-order valence-electron chi connectivity index (χ0n) is 10.1. The Hall–Kier alpha value is -2.11. The molecule has 0 aliphatic heterocycles. The molecule has 1 saturated carbocycles. The van der Waals surface area contributed by atoms with Gasteiger partial charge < -0.3 is 16.4 Å². The fraction of sp³-hybridized carbons (Fsp3) is 0.417. The van der Waals surface area contributed by atoms with Gasteiger partial charge in [-0.25, -0.2) is 4.98 Å². The molecule has 1 unspecified atom stereocenters. The van der Waals surface area contributed by atoms with Crippen molar-refractivity contribution >= 4 is 17.6 Å². The molecule has 0 aromatic carbocycles. The molecule has 1 aliphatic rings. The lowest BCUT2D eigenvalue weighted by Crippen LogP contribution is -2.45. The van der Waals surface area contributed by atoms with Gasteiger partial charge in [0.05, 0.1) is 0 Å². The summed E-state index contributed by atoms with van der Waals surface area (Å²) in [7, 11) is 0. The summed E-state index contributed by atoms with van der Waals surface area (Å²) < 4.78 is 0. The van der Waals surface area contributed by atoms with Gasteiger partial charge in [0.25, 0.3) is 5.91 Å². The predicted octanol–water partition coefficient (Wildman–Crippen LogP) is 0.0607. The molecule has 1 fully saturated rings. The number of anilines is 1. The van der Waals surface area contributed by atoms with Crippen LogP contribution in [0.1, 0.15) is 30.3 Å². The highest BCUT2D eigenvalue weighted by Gasteiger charge is 2.26. The maximum Gasteiger partial charge on any atom is 0.270 e. The summed E-state index contributed by atoms with van der Waals surface area (Å²) in [6.45, 7) is 1.64. The molecule has 6 heteroatoms. The number of amides is 2. The van der Waals surface area contributed by atoms with Gasteiger partial charge in [-0.1, -0.05) is 6.07 Å². The Bertz CT molecular complexity index is 471. The third-order valence-corrected chi connectivity index (χ3v) is 2.67. The first-order chi connectivity index (χ1) is 8.56. The van der Waals surface area contributed by atoms with Crippen LogP contribution in [-0.2, 0) is 4.79 Å². The lowest BCUT2D eigenvalue weighted by molar-refractivity contribution is -0.122. The number of hydrogen-bond donors (Lipinski definition) is 3. The Morgan fingerprint density at radius 1 is 1.44 bits per heavy atom. The van der Waals surface area contributed by atoms with Gasteiger partial charge in [0.2, 0.25) is 5.91 Å². The molecule has 2 amide bonds. The lowest BCUT2D eigenvalue weighted by Gasteiger charge is -2.13. The Kier molecular flexibility index (Phi) is 3.45. The van der Waals surface area contributed by atoms with Crippen molar-refractivity contribution in [2.45, 2.75) is 31.8 Å². The summed E-state index contributed by atoms with van der Waals surface area (Å²) in [6.07, 6.45) is 2.03. The number of nitrogen functional groups attached to an aromatic ring is 1. The van der Waals surface area contributed by atoms with E-state index in [2.05, 4.69) is 15.6 Å². The van der Waals surface area contributed by atoms with E-state index in [9.17, 15) is 9.59 Å². The number of rotatable bonds is 4. The molecule has 1 aliphatic carbocycles. The monoisotopic (exact) mass is 248 g/mol. The smallest absolute Gasteiger partial charge is 0.270 e. The highest BCUT2D eigenvalue weighted by Crippen LogP contribution is 2.18. The second kappa shape index (κ2) is 5.03. The molecule has 1 aromatic rings. The molecule has 2 rings (SSSR count). The number of nitrogens with one attached hydrogen (secondary N) is 2. The maximum absolute atomic E-state index is 11.8. The van der Waals surface area contributed by atoms with Gasteiger partial charge in [0.1, 0.15) is 17.6 Å². The number of hydrogen-bond acceptors (Lipinski definition) is 4.